The van der Waals surface area contributed by atoms with Gasteiger partial charge in [0.25, 0.3) is 0 Å². The van der Waals surface area contributed by atoms with Gasteiger partial charge in [0.05, 0.1) is 26.4 Å². The van der Waals surface area contributed by atoms with Gasteiger partial charge in [-0.3, -0.25) is 4.79 Å². The number of carbonyl (C=O) groups excluding carboxylic acids is 1. The van der Waals surface area contributed by atoms with E-state index in [1.165, 1.54) is 12.8 Å². The predicted molar refractivity (Wildman–Crippen MR) is 75.3 cm³/mol. The van der Waals surface area contributed by atoms with Crippen molar-refractivity contribution in [2.24, 2.45) is 0 Å². The Morgan fingerprint density at radius 2 is 1.63 bits per heavy atom. The molecule has 5 nitrogen and oxygen atoms in total. The summed E-state index contributed by atoms with van der Waals surface area (Å²) in [5.74, 6) is -0.120. The molecule has 114 valence electrons. The molecule has 0 amide bonds. The lowest BCUT2D eigenvalue weighted by Crippen LogP contribution is -2.17. The van der Waals surface area contributed by atoms with Crippen molar-refractivity contribution in [2.45, 2.75) is 39.0 Å². The molecule has 0 saturated carbocycles. The minimum atomic E-state index is -0.120. The summed E-state index contributed by atoms with van der Waals surface area (Å²) in [4.78, 5) is 11.3. The van der Waals surface area contributed by atoms with E-state index in [2.05, 4.69) is 12.2 Å². The highest BCUT2D eigenvalue weighted by Gasteiger charge is 2.01. The summed E-state index contributed by atoms with van der Waals surface area (Å²) < 4.78 is 15.6. The average molecular weight is 275 g/mol. The van der Waals surface area contributed by atoms with Gasteiger partial charge in [0.1, 0.15) is 6.61 Å². The van der Waals surface area contributed by atoms with Crippen molar-refractivity contribution in [3.63, 3.8) is 0 Å². The molecule has 0 rings (SSSR count). The van der Waals surface area contributed by atoms with Gasteiger partial charge >= 0.3 is 5.97 Å². The van der Waals surface area contributed by atoms with Crippen LogP contribution in [0.25, 0.3) is 0 Å². The molecular formula is C14H29NO4. The molecule has 0 atom stereocenters. The summed E-state index contributed by atoms with van der Waals surface area (Å²) in [7, 11) is 1.89. The van der Waals surface area contributed by atoms with E-state index in [4.69, 9.17) is 14.2 Å². The molecule has 0 saturated heterocycles. The van der Waals surface area contributed by atoms with Crippen LogP contribution in [-0.2, 0) is 19.0 Å². The molecule has 1 N–H and O–H groups in total. The number of hydrogen-bond acceptors (Lipinski definition) is 5. The molecule has 0 aliphatic rings. The van der Waals surface area contributed by atoms with Crippen LogP contribution in [0.1, 0.15) is 39.0 Å². The number of ether oxygens (including phenoxy) is 3. The quantitative estimate of drug-likeness (QED) is 0.387. The third-order valence-electron chi connectivity index (χ3n) is 2.59. The average Bonchev–Trinajstić information content (AvgIpc) is 2.42. The van der Waals surface area contributed by atoms with Gasteiger partial charge in [-0.15, -0.1) is 0 Å². The fourth-order valence-corrected chi connectivity index (χ4v) is 1.48. The van der Waals surface area contributed by atoms with Crippen LogP contribution < -0.4 is 5.32 Å². The highest BCUT2D eigenvalue weighted by Crippen LogP contribution is 2.03. The number of rotatable bonds is 14. The summed E-state index contributed by atoms with van der Waals surface area (Å²) >= 11 is 0. The molecule has 0 aromatic heterocycles. The third-order valence-corrected chi connectivity index (χ3v) is 2.59. The second-order valence-electron chi connectivity index (χ2n) is 4.36. The maximum Gasteiger partial charge on any atom is 0.305 e. The van der Waals surface area contributed by atoms with E-state index < -0.39 is 0 Å². The largest absolute Gasteiger partial charge is 0.463 e. The fourth-order valence-electron chi connectivity index (χ4n) is 1.48. The van der Waals surface area contributed by atoms with E-state index in [0.29, 0.717) is 39.5 Å². The first-order chi connectivity index (χ1) is 9.31. The van der Waals surface area contributed by atoms with Gasteiger partial charge in [-0.1, -0.05) is 26.2 Å². The van der Waals surface area contributed by atoms with Gasteiger partial charge in [0.2, 0.25) is 0 Å². The zero-order chi connectivity index (χ0) is 14.2. The van der Waals surface area contributed by atoms with Crippen molar-refractivity contribution >= 4 is 5.97 Å². The molecule has 0 aromatic rings. The predicted octanol–water partition coefficient (Wildman–Crippen LogP) is 1.75. The Bertz CT molecular complexity index is 200. The first kappa shape index (κ1) is 18.4. The summed E-state index contributed by atoms with van der Waals surface area (Å²) in [5.41, 5.74) is 0. The van der Waals surface area contributed by atoms with Crippen LogP contribution in [0, 0.1) is 0 Å². The molecule has 5 heteroatoms. The van der Waals surface area contributed by atoms with E-state index in [-0.39, 0.29) is 5.97 Å². The Kier molecular flexibility index (Phi) is 14.9. The van der Waals surface area contributed by atoms with Crippen LogP contribution in [0.3, 0.4) is 0 Å². The summed E-state index contributed by atoms with van der Waals surface area (Å²) in [6.45, 7) is 5.57. The molecule has 0 aromatic carbocycles. The normalized spacial score (nSPS) is 10.6. The molecule has 0 spiro atoms. The minimum Gasteiger partial charge on any atom is -0.463 e. The van der Waals surface area contributed by atoms with Crippen LogP contribution in [0.5, 0.6) is 0 Å². The van der Waals surface area contributed by atoms with Crippen LogP contribution in [0.4, 0.5) is 0 Å². The molecule has 0 radical (unpaired) electrons. The molecule has 0 aliphatic heterocycles. The Morgan fingerprint density at radius 3 is 2.32 bits per heavy atom. The van der Waals surface area contributed by atoms with E-state index in [1.54, 1.807) is 0 Å². The molecule has 0 unspecified atom stereocenters. The maximum atomic E-state index is 11.3. The first-order valence-electron chi connectivity index (χ1n) is 7.27. The highest BCUT2D eigenvalue weighted by molar-refractivity contribution is 5.69. The van der Waals surface area contributed by atoms with Crippen molar-refractivity contribution in [3.05, 3.63) is 0 Å². The van der Waals surface area contributed by atoms with Crippen LogP contribution in [0.2, 0.25) is 0 Å². The number of nitrogens with one attached hydrogen (secondary N) is 1. The number of esters is 1. The Hall–Kier alpha value is -0.650. The Morgan fingerprint density at radius 1 is 0.947 bits per heavy atom. The summed E-state index contributed by atoms with van der Waals surface area (Å²) in [6, 6.07) is 0. The van der Waals surface area contributed by atoms with Gasteiger partial charge < -0.3 is 19.5 Å². The molecule has 0 heterocycles. The van der Waals surface area contributed by atoms with Crippen molar-refractivity contribution < 1.29 is 19.0 Å². The Balaban J connectivity index is 3.10. The monoisotopic (exact) mass is 275 g/mol. The molecule has 0 fully saturated rings. The van der Waals surface area contributed by atoms with Crippen molar-refractivity contribution in [2.75, 3.05) is 46.6 Å². The number of likely N-dealkylation sites (N-methyl/N-ethyl adjacent to an activating group) is 1. The zero-order valence-corrected chi connectivity index (χ0v) is 12.4. The summed E-state index contributed by atoms with van der Waals surface area (Å²) in [6.07, 6.45) is 4.91. The highest BCUT2D eigenvalue weighted by atomic mass is 16.6. The fraction of sp³-hybridized carbons (Fsp3) is 0.929. The molecular weight excluding hydrogens is 246 g/mol. The zero-order valence-electron chi connectivity index (χ0n) is 12.4. The third kappa shape index (κ3) is 15.3. The Labute approximate surface area is 117 Å². The standard InChI is InChI=1S/C14H29NO4/c1-3-4-5-6-7-14(16)19-13-12-18-11-10-17-9-8-15-2/h15H,3-13H2,1-2H3. The molecule has 0 bridgehead atoms. The van der Waals surface area contributed by atoms with E-state index in [1.807, 2.05) is 7.05 Å². The SMILES string of the molecule is CCCCCCC(=O)OCCOCCOCCNC. The molecule has 19 heavy (non-hydrogen) atoms. The topological polar surface area (TPSA) is 56.8 Å². The number of carbonyl (C=O) groups is 1. The van der Waals surface area contributed by atoms with Crippen LogP contribution in [-0.4, -0.2) is 52.6 Å². The van der Waals surface area contributed by atoms with Gasteiger partial charge in [0.15, 0.2) is 0 Å². The summed E-state index contributed by atoms with van der Waals surface area (Å²) in [5, 5.41) is 2.99. The second-order valence-corrected chi connectivity index (χ2v) is 4.36. The first-order valence-corrected chi connectivity index (χ1v) is 7.27. The smallest absolute Gasteiger partial charge is 0.305 e. The van der Waals surface area contributed by atoms with E-state index in [0.717, 1.165) is 19.4 Å². The van der Waals surface area contributed by atoms with E-state index >= 15 is 0 Å². The van der Waals surface area contributed by atoms with Crippen molar-refractivity contribution in [3.8, 4) is 0 Å². The number of unbranched alkanes of at least 4 members (excludes halogenated alkanes) is 3. The second kappa shape index (κ2) is 15.4. The van der Waals surface area contributed by atoms with Crippen molar-refractivity contribution in [1.82, 2.24) is 5.32 Å². The molecule has 0 aliphatic carbocycles. The van der Waals surface area contributed by atoms with Gasteiger partial charge in [-0.2, -0.15) is 0 Å². The number of hydrogen-bond donors (Lipinski definition) is 1. The lowest BCUT2D eigenvalue weighted by molar-refractivity contribution is -0.145. The van der Waals surface area contributed by atoms with Crippen LogP contribution >= 0.6 is 0 Å². The van der Waals surface area contributed by atoms with E-state index in [9.17, 15) is 4.79 Å². The van der Waals surface area contributed by atoms with Gasteiger partial charge in [-0.25, -0.2) is 0 Å². The minimum absolute atomic E-state index is 0.120. The lowest BCUT2D eigenvalue weighted by Gasteiger charge is -2.07. The maximum absolute atomic E-state index is 11.3. The van der Waals surface area contributed by atoms with Gasteiger partial charge in [-0.05, 0) is 13.5 Å². The lowest BCUT2D eigenvalue weighted by atomic mass is 10.2. The van der Waals surface area contributed by atoms with Crippen molar-refractivity contribution in [1.29, 1.82) is 0 Å². The van der Waals surface area contributed by atoms with Gasteiger partial charge in [0, 0.05) is 13.0 Å². The van der Waals surface area contributed by atoms with Crippen LogP contribution in [0.15, 0.2) is 0 Å².